The molecular weight excluding hydrogens is 1030 g/mol. The summed E-state index contributed by atoms with van der Waals surface area (Å²) in [6, 6.07) is 9.82. The zero-order chi connectivity index (χ0) is 58.0. The molecule has 4 heterocycles. The molecule has 0 unspecified atom stereocenters. The summed E-state index contributed by atoms with van der Waals surface area (Å²) in [5, 5.41) is 31.9. The van der Waals surface area contributed by atoms with Crippen molar-refractivity contribution < 1.29 is 67.6 Å². The highest BCUT2D eigenvalue weighted by molar-refractivity contribution is 6.03. The highest BCUT2D eigenvalue weighted by atomic mass is 16.6. The van der Waals surface area contributed by atoms with Gasteiger partial charge >= 0.3 is 30.2 Å². The fourth-order valence-electron chi connectivity index (χ4n) is 8.95. The number of allylic oxidation sites excluding steroid dienone is 1. The number of likely N-dealkylation sites (N-methyl/N-ethyl adjacent to an activating group) is 2. The van der Waals surface area contributed by atoms with Gasteiger partial charge in [0.25, 0.3) is 5.56 Å². The van der Waals surface area contributed by atoms with Crippen molar-refractivity contribution in [1.29, 1.82) is 0 Å². The molecule has 4 aromatic rings. The van der Waals surface area contributed by atoms with Crippen molar-refractivity contribution in [3.63, 3.8) is 0 Å². The summed E-state index contributed by atoms with van der Waals surface area (Å²) in [6.45, 7) is 10.1. The second kappa shape index (κ2) is 25.7. The number of ketones is 1. The minimum absolute atomic E-state index is 0.0194. The predicted molar refractivity (Wildman–Crippen MR) is 286 cm³/mol. The summed E-state index contributed by atoms with van der Waals surface area (Å²) in [7, 11) is 3.02. The van der Waals surface area contributed by atoms with E-state index in [1.54, 1.807) is 87.7 Å². The number of benzene rings is 2. The van der Waals surface area contributed by atoms with Crippen LogP contribution in [0.1, 0.15) is 95.0 Å². The standard InChI is InChI=1S/C55H67N9O15/c1-9-35-36-24-34(17-18-40(36)59-46-37(35)26-64-42(46)25-39-38(49(64)69)28-77-51(72)55(39,76)10-2)79-54(75)63(8)21-20-62(7)53(74)78-27-31-13-15-33(16-14-31)58-47(67)41(12-11-19-57-52(56)73)60-48(68)45(30(5)6)61-44(66)23-32(50(70)71)22-43(65)29(3)4/h13-18,22,24-25,29-30,41,45,76H,9-12,19-21,23,26-28H2,1-8H3,(H,58,67)(H,60,68)(H,61,66)(H,70,71)(H3,56,57,73)/b32-22-/t41-,45-,55-/m0/s1. The average molecular weight is 1090 g/mol. The molecule has 8 N–H and O–H groups in total. The summed E-state index contributed by atoms with van der Waals surface area (Å²) in [5.74, 6) is -5.76. The number of rotatable bonds is 23. The van der Waals surface area contributed by atoms with Gasteiger partial charge in [-0.15, -0.1) is 0 Å². The van der Waals surface area contributed by atoms with E-state index in [9.17, 15) is 58.2 Å². The van der Waals surface area contributed by atoms with Crippen molar-refractivity contribution in [3.8, 4) is 17.1 Å². The molecule has 0 saturated carbocycles. The molecule has 3 atom stereocenters. The first-order chi connectivity index (χ1) is 37.4. The molecule has 0 bridgehead atoms. The normalized spacial score (nSPS) is 15.2. The molecule has 422 valence electrons. The van der Waals surface area contributed by atoms with E-state index >= 15 is 0 Å². The fourth-order valence-corrected chi connectivity index (χ4v) is 8.95. The molecule has 6 rings (SSSR count). The van der Waals surface area contributed by atoms with E-state index in [1.165, 1.54) is 23.9 Å². The highest BCUT2D eigenvalue weighted by Crippen LogP contribution is 2.41. The van der Waals surface area contributed by atoms with Gasteiger partial charge in [0.2, 0.25) is 17.7 Å². The monoisotopic (exact) mass is 1090 g/mol. The second-order valence-electron chi connectivity index (χ2n) is 20.0. The average Bonchev–Trinajstić information content (AvgIpc) is 4.05. The number of esters is 1. The van der Waals surface area contributed by atoms with Gasteiger partial charge in [-0.3, -0.25) is 24.0 Å². The zero-order valence-corrected chi connectivity index (χ0v) is 45.4. The molecule has 24 heteroatoms. The molecule has 2 aromatic heterocycles. The van der Waals surface area contributed by atoms with Gasteiger partial charge in [0.15, 0.2) is 11.4 Å². The highest BCUT2D eigenvalue weighted by Gasteiger charge is 2.45. The van der Waals surface area contributed by atoms with E-state index in [-0.39, 0.29) is 81.1 Å². The molecule has 2 aliphatic heterocycles. The number of aliphatic carboxylic acids is 1. The number of aromatic nitrogens is 2. The molecule has 0 saturated heterocycles. The van der Waals surface area contributed by atoms with Crippen molar-refractivity contribution >= 4 is 70.3 Å². The Kier molecular flexibility index (Phi) is 19.3. The van der Waals surface area contributed by atoms with Crippen molar-refractivity contribution in [2.75, 3.05) is 39.0 Å². The number of aliphatic hydroxyl groups is 1. The molecule has 0 radical (unpaired) electrons. The number of primary amides is 1. The first-order valence-electron chi connectivity index (χ1n) is 25.8. The number of carboxylic acids is 1. The topological polar surface area (TPSA) is 337 Å². The van der Waals surface area contributed by atoms with Crippen molar-refractivity contribution in [2.24, 2.45) is 17.6 Å². The fraction of sp³-hybridized carbons (Fsp3) is 0.436. The number of anilines is 1. The number of hydrogen-bond donors (Lipinski definition) is 7. The van der Waals surface area contributed by atoms with Gasteiger partial charge in [-0.1, -0.05) is 53.7 Å². The Hall–Kier alpha value is -8.67. The Bertz CT molecular complexity index is 3150. The molecule has 79 heavy (non-hydrogen) atoms. The second-order valence-corrected chi connectivity index (χ2v) is 20.0. The van der Waals surface area contributed by atoms with E-state index in [4.69, 9.17) is 24.9 Å². The van der Waals surface area contributed by atoms with E-state index < -0.39 is 95.2 Å². The summed E-state index contributed by atoms with van der Waals surface area (Å²) in [5.41, 5.74) is 7.02. The number of hydrogen-bond acceptors (Lipinski definition) is 15. The number of pyridine rings is 2. The predicted octanol–water partition coefficient (Wildman–Crippen LogP) is 3.98. The number of carboxylic acid groups (broad SMARTS) is 1. The number of carbonyl (C=O) groups excluding carboxylic acids is 8. The molecule has 2 aromatic carbocycles. The Labute approximate surface area is 455 Å². The van der Waals surface area contributed by atoms with Gasteiger partial charge in [0, 0.05) is 67.4 Å². The first kappa shape index (κ1) is 59.6. The number of ether oxygens (including phenoxy) is 3. The summed E-state index contributed by atoms with van der Waals surface area (Å²) >= 11 is 0. The molecule has 24 nitrogen and oxygen atoms in total. The number of urea groups is 1. The minimum atomic E-state index is -1.96. The van der Waals surface area contributed by atoms with Gasteiger partial charge in [0.1, 0.15) is 31.0 Å². The van der Waals surface area contributed by atoms with Crippen LogP contribution in [0.25, 0.3) is 22.3 Å². The van der Waals surface area contributed by atoms with Crippen LogP contribution in [0, 0.1) is 11.8 Å². The minimum Gasteiger partial charge on any atom is -0.478 e. The van der Waals surface area contributed by atoms with E-state index in [0.717, 1.165) is 17.2 Å². The number of carbonyl (C=O) groups is 9. The number of cyclic esters (lactones) is 1. The summed E-state index contributed by atoms with van der Waals surface area (Å²) in [4.78, 5) is 136. The maximum atomic E-state index is 13.7. The Balaban J connectivity index is 1.01. The lowest BCUT2D eigenvalue weighted by atomic mass is 9.86. The van der Waals surface area contributed by atoms with Crippen LogP contribution in [0.4, 0.5) is 20.1 Å². The van der Waals surface area contributed by atoms with Crippen LogP contribution < -0.4 is 37.3 Å². The first-order valence-corrected chi connectivity index (χ1v) is 25.8. The van der Waals surface area contributed by atoms with Gasteiger partial charge in [-0.2, -0.15) is 0 Å². The molecular formula is C55H67N9O15. The maximum Gasteiger partial charge on any atom is 0.415 e. The third-order valence-corrected chi connectivity index (χ3v) is 13.7. The maximum absolute atomic E-state index is 13.7. The smallest absolute Gasteiger partial charge is 0.415 e. The van der Waals surface area contributed by atoms with Crippen molar-refractivity contribution in [3.05, 3.63) is 98.4 Å². The quantitative estimate of drug-likeness (QED) is 0.0276. The van der Waals surface area contributed by atoms with Crippen LogP contribution in [0.3, 0.4) is 0 Å². The Morgan fingerprint density at radius 1 is 0.911 bits per heavy atom. The van der Waals surface area contributed by atoms with Gasteiger partial charge in [0.05, 0.1) is 35.4 Å². The third-order valence-electron chi connectivity index (χ3n) is 13.7. The van der Waals surface area contributed by atoms with E-state index in [2.05, 4.69) is 21.3 Å². The number of nitrogens with zero attached hydrogens (tertiary/aromatic N) is 4. The number of amides is 7. The summed E-state index contributed by atoms with van der Waals surface area (Å²) in [6.07, 6.45) is -0.362. The largest absolute Gasteiger partial charge is 0.478 e. The van der Waals surface area contributed by atoms with Crippen LogP contribution in [0.5, 0.6) is 5.75 Å². The molecule has 2 aliphatic rings. The van der Waals surface area contributed by atoms with Gasteiger partial charge < -0.3 is 65.8 Å². The van der Waals surface area contributed by atoms with Crippen LogP contribution >= 0.6 is 0 Å². The van der Waals surface area contributed by atoms with Crippen LogP contribution in [0.15, 0.2) is 65.0 Å². The lowest BCUT2D eigenvalue weighted by Gasteiger charge is -2.31. The number of fused-ring (bicyclic) bond motifs is 5. The van der Waals surface area contributed by atoms with Crippen LogP contribution in [0.2, 0.25) is 0 Å². The Morgan fingerprint density at radius 2 is 1.59 bits per heavy atom. The lowest BCUT2D eigenvalue weighted by molar-refractivity contribution is -0.172. The SMILES string of the molecule is CCc1c2c(nc3ccc(OC(=O)N(C)CCN(C)C(=O)OCc4ccc(NC(=O)[C@H](CCCNC(N)=O)NC(=O)[C@@H](NC(=O)C/C(=C/C(=O)C(C)C)C(=O)O)C(C)C)cc4)cc13)-c1cc3c(c(=O)n1C2)COC(=O)[C@]3(O)CC. The van der Waals surface area contributed by atoms with Crippen molar-refractivity contribution in [1.82, 2.24) is 35.3 Å². The molecule has 0 aliphatic carbocycles. The molecule has 7 amide bonds. The van der Waals surface area contributed by atoms with Crippen LogP contribution in [-0.2, 0) is 70.0 Å². The van der Waals surface area contributed by atoms with E-state index in [0.29, 0.717) is 40.0 Å². The number of nitrogens with one attached hydrogen (secondary N) is 4. The lowest BCUT2D eigenvalue weighted by Crippen LogP contribution is -2.54. The number of nitrogens with two attached hydrogens (primary N) is 1. The van der Waals surface area contributed by atoms with Gasteiger partial charge in [-0.05, 0) is 85.2 Å². The van der Waals surface area contributed by atoms with Crippen molar-refractivity contribution in [2.45, 2.75) is 111 Å². The zero-order valence-electron chi connectivity index (χ0n) is 45.4. The molecule has 0 spiro atoms. The van der Waals surface area contributed by atoms with Gasteiger partial charge in [-0.25, -0.2) is 29.0 Å². The summed E-state index contributed by atoms with van der Waals surface area (Å²) < 4.78 is 18.0. The van der Waals surface area contributed by atoms with E-state index in [1.807, 2.05) is 6.92 Å². The Morgan fingerprint density at radius 3 is 2.22 bits per heavy atom. The third kappa shape index (κ3) is 14.1. The van der Waals surface area contributed by atoms with Crippen LogP contribution in [-0.4, -0.2) is 129 Å². The number of aryl methyl sites for hydroxylation is 1. The molecule has 0 fully saturated rings.